The van der Waals surface area contributed by atoms with Crippen LogP contribution in [-0.4, -0.2) is 25.4 Å². The van der Waals surface area contributed by atoms with Crippen molar-refractivity contribution in [3.8, 4) is 0 Å². The standard InChI is InChI=1S/C14H21NO2S/c1-5-10(2)15-13(14(16)17-3)11-6-8-12(18-4)9-7-11/h6-10,13,15H,5H2,1-4H3. The molecular weight excluding hydrogens is 246 g/mol. The molecule has 1 N–H and O–H groups in total. The first kappa shape index (κ1) is 15.1. The first-order chi connectivity index (χ1) is 8.62. The second-order valence-electron chi connectivity index (χ2n) is 4.21. The summed E-state index contributed by atoms with van der Waals surface area (Å²) in [5, 5.41) is 3.29. The zero-order chi connectivity index (χ0) is 13.5. The molecule has 4 heteroatoms. The molecule has 0 saturated heterocycles. The molecule has 0 spiro atoms. The Kier molecular flexibility index (Phi) is 6.22. The van der Waals surface area contributed by atoms with Gasteiger partial charge in [-0.1, -0.05) is 19.1 Å². The van der Waals surface area contributed by atoms with Gasteiger partial charge in [-0.3, -0.25) is 5.32 Å². The van der Waals surface area contributed by atoms with Crippen molar-refractivity contribution in [2.45, 2.75) is 37.2 Å². The van der Waals surface area contributed by atoms with Crippen molar-refractivity contribution in [2.24, 2.45) is 0 Å². The van der Waals surface area contributed by atoms with Gasteiger partial charge in [0, 0.05) is 10.9 Å². The Morgan fingerprint density at radius 1 is 1.39 bits per heavy atom. The summed E-state index contributed by atoms with van der Waals surface area (Å²) in [5.41, 5.74) is 0.944. The molecule has 2 unspecified atom stereocenters. The predicted molar refractivity (Wildman–Crippen MR) is 75.9 cm³/mol. The molecule has 0 amide bonds. The molecule has 2 atom stereocenters. The summed E-state index contributed by atoms with van der Waals surface area (Å²) in [6, 6.07) is 7.88. The van der Waals surface area contributed by atoms with E-state index in [1.54, 1.807) is 11.8 Å². The summed E-state index contributed by atoms with van der Waals surface area (Å²) in [7, 11) is 1.42. The molecule has 0 heterocycles. The number of ether oxygens (including phenoxy) is 1. The van der Waals surface area contributed by atoms with Gasteiger partial charge >= 0.3 is 5.97 Å². The smallest absolute Gasteiger partial charge is 0.327 e. The first-order valence-corrected chi connectivity index (χ1v) is 7.32. The zero-order valence-electron chi connectivity index (χ0n) is 11.4. The van der Waals surface area contributed by atoms with E-state index in [9.17, 15) is 4.79 Å². The van der Waals surface area contributed by atoms with Gasteiger partial charge in [0.1, 0.15) is 6.04 Å². The summed E-state index contributed by atoms with van der Waals surface area (Å²) < 4.78 is 4.86. The number of nitrogens with one attached hydrogen (secondary N) is 1. The lowest BCUT2D eigenvalue weighted by atomic mass is 10.1. The molecule has 0 saturated carbocycles. The summed E-state index contributed by atoms with van der Waals surface area (Å²) in [6.07, 6.45) is 3.00. The van der Waals surface area contributed by atoms with Crippen LogP contribution in [0, 0.1) is 0 Å². The highest BCUT2D eigenvalue weighted by Crippen LogP contribution is 2.20. The van der Waals surface area contributed by atoms with E-state index in [2.05, 4.69) is 19.2 Å². The minimum atomic E-state index is -0.388. The van der Waals surface area contributed by atoms with Gasteiger partial charge in [-0.15, -0.1) is 11.8 Å². The molecule has 0 radical (unpaired) electrons. The topological polar surface area (TPSA) is 38.3 Å². The molecule has 3 nitrogen and oxygen atoms in total. The molecule has 0 fully saturated rings. The summed E-state index contributed by atoms with van der Waals surface area (Å²) in [4.78, 5) is 13.0. The number of carbonyl (C=O) groups is 1. The molecule has 0 bridgehead atoms. The highest BCUT2D eigenvalue weighted by molar-refractivity contribution is 7.98. The minimum absolute atomic E-state index is 0.243. The third-order valence-corrected chi connectivity index (χ3v) is 3.69. The minimum Gasteiger partial charge on any atom is -0.468 e. The van der Waals surface area contributed by atoms with Crippen LogP contribution in [0.4, 0.5) is 0 Å². The third-order valence-electron chi connectivity index (χ3n) is 2.95. The quantitative estimate of drug-likeness (QED) is 0.635. The lowest BCUT2D eigenvalue weighted by Gasteiger charge is -2.21. The number of hydrogen-bond acceptors (Lipinski definition) is 4. The van der Waals surface area contributed by atoms with E-state index in [4.69, 9.17) is 4.74 Å². The van der Waals surface area contributed by atoms with Crippen LogP contribution in [0.15, 0.2) is 29.2 Å². The average Bonchev–Trinajstić information content (AvgIpc) is 2.43. The molecular formula is C14H21NO2S. The van der Waals surface area contributed by atoms with Crippen molar-refractivity contribution in [1.29, 1.82) is 0 Å². The molecule has 18 heavy (non-hydrogen) atoms. The van der Waals surface area contributed by atoms with Gasteiger partial charge in [0.05, 0.1) is 7.11 Å². The van der Waals surface area contributed by atoms with E-state index < -0.39 is 0 Å². The second-order valence-corrected chi connectivity index (χ2v) is 5.08. The maximum absolute atomic E-state index is 11.8. The molecule has 100 valence electrons. The van der Waals surface area contributed by atoms with Crippen molar-refractivity contribution in [1.82, 2.24) is 5.32 Å². The fourth-order valence-corrected chi connectivity index (χ4v) is 2.03. The van der Waals surface area contributed by atoms with Crippen molar-refractivity contribution in [2.75, 3.05) is 13.4 Å². The number of esters is 1. The fourth-order valence-electron chi connectivity index (χ4n) is 1.62. The van der Waals surface area contributed by atoms with Gasteiger partial charge in [0.15, 0.2) is 0 Å². The Morgan fingerprint density at radius 3 is 2.44 bits per heavy atom. The molecule has 1 aromatic rings. The largest absolute Gasteiger partial charge is 0.468 e. The van der Waals surface area contributed by atoms with Crippen LogP contribution in [0.5, 0.6) is 0 Å². The Morgan fingerprint density at radius 2 is 2.00 bits per heavy atom. The van der Waals surface area contributed by atoms with Gasteiger partial charge in [0.25, 0.3) is 0 Å². The van der Waals surface area contributed by atoms with Crippen molar-refractivity contribution in [3.05, 3.63) is 29.8 Å². The molecule has 0 aliphatic heterocycles. The third kappa shape index (κ3) is 4.03. The number of thioether (sulfide) groups is 1. The van der Waals surface area contributed by atoms with Gasteiger partial charge in [-0.2, -0.15) is 0 Å². The van der Waals surface area contributed by atoms with E-state index in [-0.39, 0.29) is 18.1 Å². The summed E-state index contributed by atoms with van der Waals surface area (Å²) >= 11 is 1.69. The lowest BCUT2D eigenvalue weighted by molar-refractivity contribution is -0.143. The predicted octanol–water partition coefficient (Wildman–Crippen LogP) is 3.01. The van der Waals surface area contributed by atoms with Crippen molar-refractivity contribution < 1.29 is 9.53 Å². The Labute approximate surface area is 113 Å². The number of benzene rings is 1. The molecule has 0 aromatic heterocycles. The van der Waals surface area contributed by atoms with Crippen molar-refractivity contribution in [3.63, 3.8) is 0 Å². The van der Waals surface area contributed by atoms with Gasteiger partial charge in [-0.25, -0.2) is 4.79 Å². The van der Waals surface area contributed by atoms with Gasteiger partial charge in [0.2, 0.25) is 0 Å². The van der Waals surface area contributed by atoms with E-state index in [1.165, 1.54) is 12.0 Å². The highest BCUT2D eigenvalue weighted by atomic mass is 32.2. The van der Waals surface area contributed by atoms with E-state index in [0.29, 0.717) is 0 Å². The Balaban J connectivity index is 2.90. The number of methoxy groups -OCH3 is 1. The Hall–Kier alpha value is -1.00. The van der Waals surface area contributed by atoms with Crippen LogP contribution >= 0.6 is 11.8 Å². The van der Waals surface area contributed by atoms with Crippen LogP contribution in [0.25, 0.3) is 0 Å². The van der Waals surface area contributed by atoms with Crippen LogP contribution in [0.1, 0.15) is 31.9 Å². The van der Waals surface area contributed by atoms with E-state index >= 15 is 0 Å². The van der Waals surface area contributed by atoms with Crippen LogP contribution in [0.3, 0.4) is 0 Å². The Bertz CT molecular complexity index is 378. The fraction of sp³-hybridized carbons (Fsp3) is 0.500. The second kappa shape index (κ2) is 7.44. The molecule has 1 rings (SSSR count). The molecule has 1 aromatic carbocycles. The maximum Gasteiger partial charge on any atom is 0.327 e. The normalized spacial score (nSPS) is 14.0. The van der Waals surface area contributed by atoms with Gasteiger partial charge in [-0.05, 0) is 37.3 Å². The van der Waals surface area contributed by atoms with Crippen LogP contribution in [-0.2, 0) is 9.53 Å². The SMILES string of the molecule is CCC(C)NC(C(=O)OC)c1ccc(SC)cc1. The van der Waals surface area contributed by atoms with Crippen molar-refractivity contribution >= 4 is 17.7 Å². The van der Waals surface area contributed by atoms with Crippen LogP contribution < -0.4 is 5.32 Å². The number of hydrogen-bond donors (Lipinski definition) is 1. The van der Waals surface area contributed by atoms with Crippen LogP contribution in [0.2, 0.25) is 0 Å². The number of carbonyl (C=O) groups excluding carboxylic acids is 1. The van der Waals surface area contributed by atoms with Gasteiger partial charge < -0.3 is 4.74 Å². The molecule has 0 aliphatic carbocycles. The first-order valence-electron chi connectivity index (χ1n) is 6.10. The maximum atomic E-state index is 11.8. The van der Waals surface area contributed by atoms with E-state index in [1.807, 2.05) is 30.5 Å². The summed E-state index contributed by atoms with van der Waals surface area (Å²) in [5.74, 6) is -0.243. The summed E-state index contributed by atoms with van der Waals surface area (Å²) in [6.45, 7) is 4.15. The highest BCUT2D eigenvalue weighted by Gasteiger charge is 2.22. The average molecular weight is 267 g/mol. The monoisotopic (exact) mass is 267 g/mol. The molecule has 0 aliphatic rings. The zero-order valence-corrected chi connectivity index (χ0v) is 12.2. The van der Waals surface area contributed by atoms with E-state index in [0.717, 1.165) is 12.0 Å². The lowest BCUT2D eigenvalue weighted by Crippen LogP contribution is -2.35. The number of rotatable bonds is 6.